The van der Waals surface area contributed by atoms with Crippen LogP contribution in [0.1, 0.15) is 32.3 Å². The number of benzene rings is 1. The van der Waals surface area contributed by atoms with Crippen LogP contribution in [0.3, 0.4) is 0 Å². The van der Waals surface area contributed by atoms with Crippen LogP contribution in [-0.4, -0.2) is 5.91 Å². The fourth-order valence-corrected chi connectivity index (χ4v) is 1.62. The summed E-state index contributed by atoms with van der Waals surface area (Å²) in [7, 11) is 0. The smallest absolute Gasteiger partial charge is 0.255 e. The number of carbonyl (C=O) groups is 1. The third-order valence-electron chi connectivity index (χ3n) is 2.57. The van der Waals surface area contributed by atoms with E-state index in [2.05, 4.69) is 5.32 Å². The Bertz CT molecular complexity index is 441. The van der Waals surface area contributed by atoms with Gasteiger partial charge in [-0.3, -0.25) is 4.79 Å². The van der Waals surface area contributed by atoms with Crippen LogP contribution in [0, 0.1) is 6.92 Å². The standard InChI is InChI=1S/C14H15NO.C2H6/c1-11-7-9-13(10-8-11)15-14(16)12-5-3-2-4-6-12;1-2/h3,5-10H,2,4H2,1H3,(H,15,16);1-2H3. The summed E-state index contributed by atoms with van der Waals surface area (Å²) in [4.78, 5) is 11.8. The summed E-state index contributed by atoms with van der Waals surface area (Å²) in [5, 5.41) is 2.88. The van der Waals surface area contributed by atoms with Gasteiger partial charge >= 0.3 is 0 Å². The Balaban J connectivity index is 0.000000771. The van der Waals surface area contributed by atoms with Crippen molar-refractivity contribution in [3.05, 3.63) is 53.6 Å². The molecule has 96 valence electrons. The Morgan fingerprint density at radius 1 is 1.11 bits per heavy atom. The highest BCUT2D eigenvalue weighted by Gasteiger charge is 2.07. The van der Waals surface area contributed by atoms with Crippen molar-refractivity contribution in [3.8, 4) is 0 Å². The number of aryl methyl sites for hydroxylation is 1. The molecule has 0 spiro atoms. The van der Waals surface area contributed by atoms with Crippen molar-refractivity contribution in [1.82, 2.24) is 0 Å². The van der Waals surface area contributed by atoms with E-state index in [1.807, 2.05) is 63.3 Å². The molecule has 1 N–H and O–H groups in total. The number of nitrogens with one attached hydrogen (secondary N) is 1. The maximum absolute atomic E-state index is 11.8. The van der Waals surface area contributed by atoms with Crippen molar-refractivity contribution in [1.29, 1.82) is 0 Å². The highest BCUT2D eigenvalue weighted by Crippen LogP contribution is 2.14. The molecule has 1 aromatic carbocycles. The molecule has 0 aliphatic heterocycles. The van der Waals surface area contributed by atoms with Crippen molar-refractivity contribution in [3.63, 3.8) is 0 Å². The van der Waals surface area contributed by atoms with Gasteiger partial charge in [0.15, 0.2) is 0 Å². The molecule has 0 saturated heterocycles. The van der Waals surface area contributed by atoms with Crippen LogP contribution < -0.4 is 5.32 Å². The molecule has 0 bridgehead atoms. The average molecular weight is 243 g/mol. The summed E-state index contributed by atoms with van der Waals surface area (Å²) >= 11 is 0. The third kappa shape index (κ3) is 4.21. The van der Waals surface area contributed by atoms with Gasteiger partial charge < -0.3 is 5.32 Å². The Morgan fingerprint density at radius 3 is 2.33 bits per heavy atom. The molecule has 1 amide bonds. The summed E-state index contributed by atoms with van der Waals surface area (Å²) < 4.78 is 0. The average Bonchev–Trinajstić information content (AvgIpc) is 2.44. The number of anilines is 1. The molecule has 0 aromatic heterocycles. The lowest BCUT2D eigenvalue weighted by Gasteiger charge is -2.08. The van der Waals surface area contributed by atoms with E-state index in [-0.39, 0.29) is 5.91 Å². The van der Waals surface area contributed by atoms with Crippen molar-refractivity contribution in [2.24, 2.45) is 0 Å². The summed E-state index contributed by atoms with van der Waals surface area (Å²) in [5.41, 5.74) is 2.79. The van der Waals surface area contributed by atoms with Crippen LogP contribution in [-0.2, 0) is 4.79 Å². The minimum Gasteiger partial charge on any atom is -0.322 e. The zero-order chi connectivity index (χ0) is 13.4. The van der Waals surface area contributed by atoms with E-state index < -0.39 is 0 Å². The van der Waals surface area contributed by atoms with Gasteiger partial charge in [0, 0.05) is 11.3 Å². The van der Waals surface area contributed by atoms with Crippen molar-refractivity contribution < 1.29 is 4.79 Å². The van der Waals surface area contributed by atoms with E-state index in [0.29, 0.717) is 0 Å². The van der Waals surface area contributed by atoms with Gasteiger partial charge in [0.1, 0.15) is 0 Å². The summed E-state index contributed by atoms with van der Waals surface area (Å²) in [5.74, 6) is -0.0280. The maximum atomic E-state index is 11.8. The van der Waals surface area contributed by atoms with Crippen LogP contribution in [0.5, 0.6) is 0 Å². The molecule has 2 nitrogen and oxygen atoms in total. The molecular formula is C16H21NO. The van der Waals surface area contributed by atoms with Crippen LogP contribution >= 0.6 is 0 Å². The zero-order valence-corrected chi connectivity index (χ0v) is 11.4. The second-order valence-corrected chi connectivity index (χ2v) is 3.96. The lowest BCUT2D eigenvalue weighted by molar-refractivity contribution is -0.112. The van der Waals surface area contributed by atoms with E-state index in [9.17, 15) is 4.79 Å². The van der Waals surface area contributed by atoms with Crippen LogP contribution in [0.15, 0.2) is 48.1 Å². The van der Waals surface area contributed by atoms with Gasteiger partial charge in [0.2, 0.25) is 0 Å². The minimum absolute atomic E-state index is 0.0280. The fourth-order valence-electron chi connectivity index (χ4n) is 1.62. The highest BCUT2D eigenvalue weighted by molar-refractivity contribution is 6.05. The number of hydrogen-bond donors (Lipinski definition) is 1. The Hall–Kier alpha value is -1.83. The molecule has 2 rings (SSSR count). The van der Waals surface area contributed by atoms with Gasteiger partial charge in [-0.05, 0) is 31.9 Å². The molecule has 0 radical (unpaired) electrons. The molecule has 1 aliphatic carbocycles. The largest absolute Gasteiger partial charge is 0.322 e. The predicted octanol–water partition coefficient (Wildman–Crippen LogP) is 4.24. The van der Waals surface area contributed by atoms with E-state index in [1.54, 1.807) is 0 Å². The first-order valence-electron chi connectivity index (χ1n) is 6.50. The fraction of sp³-hybridized carbons (Fsp3) is 0.312. The molecule has 0 fully saturated rings. The van der Waals surface area contributed by atoms with Gasteiger partial charge in [0.25, 0.3) is 5.91 Å². The van der Waals surface area contributed by atoms with E-state index >= 15 is 0 Å². The maximum Gasteiger partial charge on any atom is 0.255 e. The lowest BCUT2D eigenvalue weighted by Crippen LogP contribution is -2.13. The monoisotopic (exact) mass is 243 g/mol. The minimum atomic E-state index is -0.0280. The van der Waals surface area contributed by atoms with E-state index in [4.69, 9.17) is 0 Å². The van der Waals surface area contributed by atoms with Crippen molar-refractivity contribution >= 4 is 11.6 Å². The second-order valence-electron chi connectivity index (χ2n) is 3.96. The second kappa shape index (κ2) is 7.49. The topological polar surface area (TPSA) is 29.1 Å². The molecule has 0 atom stereocenters. The van der Waals surface area contributed by atoms with Gasteiger partial charge in [-0.2, -0.15) is 0 Å². The Kier molecular flexibility index (Phi) is 5.92. The van der Waals surface area contributed by atoms with Crippen LogP contribution in [0.4, 0.5) is 5.69 Å². The Morgan fingerprint density at radius 2 is 1.78 bits per heavy atom. The van der Waals surface area contributed by atoms with E-state index in [0.717, 1.165) is 24.1 Å². The summed E-state index contributed by atoms with van der Waals surface area (Å²) in [6.07, 6.45) is 7.87. The van der Waals surface area contributed by atoms with E-state index in [1.165, 1.54) is 5.56 Å². The molecule has 0 unspecified atom stereocenters. The molecule has 0 saturated carbocycles. The number of hydrogen-bond acceptors (Lipinski definition) is 1. The number of rotatable bonds is 2. The number of carbonyl (C=O) groups excluding carboxylic acids is 1. The molecular weight excluding hydrogens is 222 g/mol. The number of allylic oxidation sites excluding steroid dienone is 2. The zero-order valence-electron chi connectivity index (χ0n) is 11.4. The van der Waals surface area contributed by atoms with Gasteiger partial charge in [0.05, 0.1) is 0 Å². The normalized spacial score (nSPS) is 13.2. The van der Waals surface area contributed by atoms with Crippen LogP contribution in [0.2, 0.25) is 0 Å². The molecule has 18 heavy (non-hydrogen) atoms. The quantitative estimate of drug-likeness (QED) is 0.827. The third-order valence-corrected chi connectivity index (χ3v) is 2.57. The first-order chi connectivity index (χ1) is 8.75. The first kappa shape index (κ1) is 14.2. The lowest BCUT2D eigenvalue weighted by atomic mass is 10.1. The van der Waals surface area contributed by atoms with Crippen LogP contribution in [0.25, 0.3) is 0 Å². The molecule has 1 aromatic rings. The first-order valence-corrected chi connectivity index (χ1v) is 6.50. The van der Waals surface area contributed by atoms with Crippen molar-refractivity contribution in [2.75, 3.05) is 5.32 Å². The SMILES string of the molecule is CC.Cc1ccc(NC(=O)C2=CCCC=C2)cc1. The van der Waals surface area contributed by atoms with Gasteiger partial charge in [-0.1, -0.05) is 49.8 Å². The summed E-state index contributed by atoms with van der Waals surface area (Å²) in [6, 6.07) is 7.81. The van der Waals surface area contributed by atoms with Crippen molar-refractivity contribution in [2.45, 2.75) is 33.6 Å². The molecule has 2 heteroatoms. The number of amides is 1. The Labute approximate surface area is 109 Å². The molecule has 1 aliphatic rings. The van der Waals surface area contributed by atoms with Gasteiger partial charge in [-0.25, -0.2) is 0 Å². The summed E-state index contributed by atoms with van der Waals surface area (Å²) in [6.45, 7) is 6.03. The van der Waals surface area contributed by atoms with Gasteiger partial charge in [-0.15, -0.1) is 0 Å². The molecule has 0 heterocycles. The predicted molar refractivity (Wildman–Crippen MR) is 77.6 cm³/mol. The highest BCUT2D eigenvalue weighted by atomic mass is 16.1.